The highest BCUT2D eigenvalue weighted by Gasteiger charge is 2.21. The Morgan fingerprint density at radius 3 is 2.00 bits per heavy atom. The van der Waals surface area contributed by atoms with E-state index in [-0.39, 0.29) is 0 Å². The van der Waals surface area contributed by atoms with Gasteiger partial charge in [-0.3, -0.25) is 9.80 Å². The standard InChI is InChI=1S/C11H25N3/c1-5-13(6-2)11(3)14-9-7-12(4)8-10-14/h11H,5-10H2,1-4H3. The number of piperazine rings is 1. The summed E-state index contributed by atoms with van der Waals surface area (Å²) in [6.45, 7) is 14.0. The van der Waals surface area contributed by atoms with E-state index >= 15 is 0 Å². The molecule has 84 valence electrons. The molecular formula is C11H25N3. The third kappa shape index (κ3) is 2.94. The van der Waals surface area contributed by atoms with Crippen LogP contribution in [0.4, 0.5) is 0 Å². The lowest BCUT2D eigenvalue weighted by atomic mass is 10.3. The summed E-state index contributed by atoms with van der Waals surface area (Å²) in [4.78, 5) is 7.52. The minimum absolute atomic E-state index is 0.610. The first kappa shape index (κ1) is 12.0. The topological polar surface area (TPSA) is 9.72 Å². The molecule has 0 radical (unpaired) electrons. The lowest BCUT2D eigenvalue weighted by molar-refractivity contribution is 0.0286. The van der Waals surface area contributed by atoms with Crippen LogP contribution in [-0.2, 0) is 0 Å². The second-order valence-corrected chi connectivity index (χ2v) is 4.19. The lowest BCUT2D eigenvalue weighted by Gasteiger charge is -2.41. The van der Waals surface area contributed by atoms with E-state index in [4.69, 9.17) is 0 Å². The Morgan fingerprint density at radius 2 is 1.57 bits per heavy atom. The van der Waals surface area contributed by atoms with Gasteiger partial charge in [-0.2, -0.15) is 0 Å². The molecule has 0 aromatic rings. The fourth-order valence-electron chi connectivity index (χ4n) is 2.18. The first-order valence-electron chi connectivity index (χ1n) is 5.85. The summed E-state index contributed by atoms with van der Waals surface area (Å²) in [5, 5.41) is 0. The van der Waals surface area contributed by atoms with Crippen molar-refractivity contribution >= 4 is 0 Å². The van der Waals surface area contributed by atoms with Gasteiger partial charge in [0.1, 0.15) is 0 Å². The van der Waals surface area contributed by atoms with E-state index in [1.54, 1.807) is 0 Å². The van der Waals surface area contributed by atoms with Crippen LogP contribution in [0, 0.1) is 0 Å². The molecule has 1 aliphatic heterocycles. The lowest BCUT2D eigenvalue weighted by Crippen LogP contribution is -2.53. The summed E-state index contributed by atoms with van der Waals surface area (Å²) < 4.78 is 0. The largest absolute Gasteiger partial charge is 0.304 e. The quantitative estimate of drug-likeness (QED) is 0.667. The van der Waals surface area contributed by atoms with Crippen molar-refractivity contribution in [1.82, 2.24) is 14.7 Å². The Kier molecular flexibility index (Phi) is 4.85. The molecule has 3 heteroatoms. The summed E-state index contributed by atoms with van der Waals surface area (Å²) >= 11 is 0. The van der Waals surface area contributed by atoms with E-state index in [9.17, 15) is 0 Å². The molecule has 1 rings (SSSR count). The molecule has 1 heterocycles. The molecule has 0 N–H and O–H groups in total. The summed E-state index contributed by atoms with van der Waals surface area (Å²) in [5.74, 6) is 0. The average Bonchev–Trinajstić information content (AvgIpc) is 2.20. The van der Waals surface area contributed by atoms with Crippen LogP contribution in [0.3, 0.4) is 0 Å². The number of hydrogen-bond acceptors (Lipinski definition) is 3. The fraction of sp³-hybridized carbons (Fsp3) is 1.00. The highest BCUT2D eigenvalue weighted by atomic mass is 15.4. The van der Waals surface area contributed by atoms with Crippen LogP contribution >= 0.6 is 0 Å². The highest BCUT2D eigenvalue weighted by Crippen LogP contribution is 2.08. The molecule has 0 saturated carbocycles. The van der Waals surface area contributed by atoms with Gasteiger partial charge >= 0.3 is 0 Å². The van der Waals surface area contributed by atoms with Crippen molar-refractivity contribution in [3.63, 3.8) is 0 Å². The molecule has 1 atom stereocenters. The maximum atomic E-state index is 2.59. The van der Waals surface area contributed by atoms with Gasteiger partial charge in [0.15, 0.2) is 0 Å². The third-order valence-corrected chi connectivity index (χ3v) is 3.41. The molecule has 0 bridgehead atoms. The van der Waals surface area contributed by atoms with Gasteiger partial charge in [-0.15, -0.1) is 0 Å². The summed E-state index contributed by atoms with van der Waals surface area (Å²) in [5.41, 5.74) is 0. The predicted molar refractivity (Wildman–Crippen MR) is 61.5 cm³/mol. The van der Waals surface area contributed by atoms with Crippen molar-refractivity contribution in [2.45, 2.75) is 26.9 Å². The van der Waals surface area contributed by atoms with E-state index in [1.807, 2.05) is 0 Å². The van der Waals surface area contributed by atoms with Crippen molar-refractivity contribution in [2.24, 2.45) is 0 Å². The Morgan fingerprint density at radius 1 is 1.07 bits per heavy atom. The number of nitrogens with zero attached hydrogens (tertiary/aromatic N) is 3. The van der Waals surface area contributed by atoms with E-state index < -0.39 is 0 Å². The molecule has 14 heavy (non-hydrogen) atoms. The second kappa shape index (κ2) is 5.69. The minimum Gasteiger partial charge on any atom is -0.304 e. The molecule has 1 aliphatic rings. The van der Waals surface area contributed by atoms with Gasteiger partial charge in [-0.1, -0.05) is 13.8 Å². The van der Waals surface area contributed by atoms with Gasteiger partial charge in [0.25, 0.3) is 0 Å². The van der Waals surface area contributed by atoms with Crippen molar-refractivity contribution < 1.29 is 0 Å². The summed E-state index contributed by atoms with van der Waals surface area (Å²) in [7, 11) is 2.21. The van der Waals surface area contributed by atoms with Crippen molar-refractivity contribution in [3.05, 3.63) is 0 Å². The van der Waals surface area contributed by atoms with E-state index in [1.165, 1.54) is 26.2 Å². The van der Waals surface area contributed by atoms with E-state index in [0.717, 1.165) is 13.1 Å². The molecule has 0 spiro atoms. The first-order chi connectivity index (χ1) is 6.69. The molecule has 1 unspecified atom stereocenters. The normalized spacial score (nSPS) is 22.9. The second-order valence-electron chi connectivity index (χ2n) is 4.19. The van der Waals surface area contributed by atoms with Gasteiger partial charge in [0, 0.05) is 26.2 Å². The van der Waals surface area contributed by atoms with Gasteiger partial charge in [0.05, 0.1) is 6.17 Å². The Balaban J connectivity index is 2.39. The molecule has 1 fully saturated rings. The molecule has 0 aromatic heterocycles. The van der Waals surface area contributed by atoms with Crippen molar-refractivity contribution in [3.8, 4) is 0 Å². The molecule has 1 saturated heterocycles. The van der Waals surface area contributed by atoms with Crippen LogP contribution < -0.4 is 0 Å². The van der Waals surface area contributed by atoms with Gasteiger partial charge in [-0.05, 0) is 27.1 Å². The molecule has 0 aliphatic carbocycles. The van der Waals surface area contributed by atoms with Crippen LogP contribution in [0.25, 0.3) is 0 Å². The van der Waals surface area contributed by atoms with Crippen LogP contribution in [-0.4, -0.2) is 67.2 Å². The third-order valence-electron chi connectivity index (χ3n) is 3.41. The van der Waals surface area contributed by atoms with Crippen LogP contribution in [0.15, 0.2) is 0 Å². The van der Waals surface area contributed by atoms with Crippen molar-refractivity contribution in [2.75, 3.05) is 46.3 Å². The maximum absolute atomic E-state index is 2.59. The molecular weight excluding hydrogens is 174 g/mol. The Bertz CT molecular complexity index is 149. The number of rotatable bonds is 4. The Labute approximate surface area is 88.7 Å². The van der Waals surface area contributed by atoms with Gasteiger partial charge in [-0.25, -0.2) is 0 Å². The number of hydrogen-bond donors (Lipinski definition) is 0. The van der Waals surface area contributed by atoms with Crippen LogP contribution in [0.5, 0.6) is 0 Å². The molecule has 0 aromatic carbocycles. The first-order valence-corrected chi connectivity index (χ1v) is 5.85. The maximum Gasteiger partial charge on any atom is 0.0594 e. The van der Waals surface area contributed by atoms with E-state index in [2.05, 4.69) is 42.5 Å². The zero-order valence-corrected chi connectivity index (χ0v) is 10.2. The predicted octanol–water partition coefficient (Wildman–Crippen LogP) is 0.922. The van der Waals surface area contributed by atoms with Gasteiger partial charge < -0.3 is 4.90 Å². The summed E-state index contributed by atoms with van der Waals surface area (Å²) in [6.07, 6.45) is 0.610. The van der Waals surface area contributed by atoms with E-state index in [0.29, 0.717) is 6.17 Å². The smallest absolute Gasteiger partial charge is 0.0594 e. The SMILES string of the molecule is CCN(CC)C(C)N1CCN(C)CC1. The molecule has 3 nitrogen and oxygen atoms in total. The molecule has 0 amide bonds. The van der Waals surface area contributed by atoms with Crippen LogP contribution in [0.1, 0.15) is 20.8 Å². The van der Waals surface area contributed by atoms with Crippen molar-refractivity contribution in [1.29, 1.82) is 0 Å². The average molecular weight is 199 g/mol. The monoisotopic (exact) mass is 199 g/mol. The highest BCUT2D eigenvalue weighted by molar-refractivity contribution is 4.74. The van der Waals surface area contributed by atoms with Gasteiger partial charge in [0.2, 0.25) is 0 Å². The number of likely N-dealkylation sites (N-methyl/N-ethyl adjacent to an activating group) is 1. The van der Waals surface area contributed by atoms with Crippen LogP contribution in [0.2, 0.25) is 0 Å². The Hall–Kier alpha value is -0.120. The fourth-order valence-corrected chi connectivity index (χ4v) is 2.18. The summed E-state index contributed by atoms with van der Waals surface area (Å²) in [6, 6.07) is 0. The zero-order chi connectivity index (χ0) is 10.6. The zero-order valence-electron chi connectivity index (χ0n) is 10.2. The minimum atomic E-state index is 0.610.